The molecule has 6 nitrogen and oxygen atoms in total. The number of carbonyl (C=O) groups excluding carboxylic acids is 1. The monoisotopic (exact) mass is 489 g/mol. The number of carbonyl (C=O) groups is 1. The molecule has 36 heavy (non-hydrogen) atoms. The lowest BCUT2D eigenvalue weighted by Gasteiger charge is -2.31. The molecule has 190 valence electrons. The smallest absolute Gasteiger partial charge is 0.286 e. The Kier molecular flexibility index (Phi) is 6.83. The van der Waals surface area contributed by atoms with Crippen molar-refractivity contribution in [3.05, 3.63) is 71.0 Å². The molecule has 3 unspecified atom stereocenters. The topological polar surface area (TPSA) is 77.0 Å². The van der Waals surface area contributed by atoms with Gasteiger partial charge in [-0.1, -0.05) is 48.9 Å². The molecule has 1 aliphatic heterocycles. The summed E-state index contributed by atoms with van der Waals surface area (Å²) in [5.41, 5.74) is 6.50. The van der Waals surface area contributed by atoms with Crippen molar-refractivity contribution in [3.8, 4) is 11.1 Å². The third-order valence-electron chi connectivity index (χ3n) is 8.39. The summed E-state index contributed by atoms with van der Waals surface area (Å²) < 4.78 is 17.5. The predicted molar refractivity (Wildman–Crippen MR) is 136 cm³/mol. The lowest BCUT2D eigenvalue weighted by molar-refractivity contribution is -0.151. The lowest BCUT2D eigenvalue weighted by Crippen LogP contribution is -2.41. The van der Waals surface area contributed by atoms with Crippen LogP contribution in [0.25, 0.3) is 11.1 Å². The van der Waals surface area contributed by atoms with Gasteiger partial charge < -0.3 is 24.6 Å². The highest BCUT2D eigenvalue weighted by molar-refractivity contribution is 5.92. The first kappa shape index (κ1) is 23.7. The van der Waals surface area contributed by atoms with E-state index in [4.69, 9.17) is 19.3 Å². The zero-order chi connectivity index (χ0) is 24.5. The minimum Gasteiger partial charge on any atom is -0.459 e. The van der Waals surface area contributed by atoms with Crippen molar-refractivity contribution in [1.82, 2.24) is 5.32 Å². The number of aliphatic hydroxyl groups is 1. The third kappa shape index (κ3) is 4.70. The van der Waals surface area contributed by atoms with Gasteiger partial charge in [-0.25, -0.2) is 0 Å². The van der Waals surface area contributed by atoms with Crippen molar-refractivity contribution in [2.24, 2.45) is 11.8 Å². The van der Waals surface area contributed by atoms with Crippen LogP contribution < -0.4 is 5.32 Å². The van der Waals surface area contributed by atoms with Gasteiger partial charge in [0.2, 0.25) is 6.29 Å². The van der Waals surface area contributed by atoms with Gasteiger partial charge in [0.1, 0.15) is 0 Å². The number of fused-ring (bicyclic) bond motifs is 5. The summed E-state index contributed by atoms with van der Waals surface area (Å²) in [4.78, 5) is 13.4. The Morgan fingerprint density at radius 1 is 1.00 bits per heavy atom. The molecule has 2 N–H and O–H groups in total. The molecule has 0 saturated heterocycles. The fourth-order valence-electron chi connectivity index (χ4n) is 6.73. The van der Waals surface area contributed by atoms with E-state index in [2.05, 4.69) is 47.8 Å². The molecule has 0 aromatic heterocycles. The molecule has 6 heteroatoms. The average molecular weight is 490 g/mol. The van der Waals surface area contributed by atoms with Crippen LogP contribution in [0.2, 0.25) is 0 Å². The first-order valence-corrected chi connectivity index (χ1v) is 13.4. The maximum Gasteiger partial charge on any atom is 0.286 e. The first-order valence-electron chi connectivity index (χ1n) is 13.4. The van der Waals surface area contributed by atoms with Gasteiger partial charge in [-0.3, -0.25) is 4.79 Å². The van der Waals surface area contributed by atoms with Crippen LogP contribution in [0.1, 0.15) is 54.7 Å². The fourth-order valence-corrected chi connectivity index (χ4v) is 6.73. The van der Waals surface area contributed by atoms with Crippen molar-refractivity contribution >= 4 is 5.91 Å². The Bertz CT molecular complexity index is 1140. The lowest BCUT2D eigenvalue weighted by atomic mass is 9.87. The van der Waals surface area contributed by atoms with E-state index in [1.165, 1.54) is 47.1 Å². The van der Waals surface area contributed by atoms with Gasteiger partial charge in [0.05, 0.1) is 26.4 Å². The molecule has 2 fully saturated rings. The van der Waals surface area contributed by atoms with Gasteiger partial charge in [0.25, 0.3) is 5.91 Å². The number of amides is 1. The Morgan fingerprint density at radius 2 is 1.89 bits per heavy atom. The Labute approximate surface area is 212 Å². The van der Waals surface area contributed by atoms with Crippen LogP contribution in [-0.2, 0) is 25.4 Å². The van der Waals surface area contributed by atoms with Crippen LogP contribution in [0.5, 0.6) is 0 Å². The van der Waals surface area contributed by atoms with E-state index in [1.54, 1.807) is 0 Å². The summed E-state index contributed by atoms with van der Waals surface area (Å²) in [7, 11) is 0. The van der Waals surface area contributed by atoms with Crippen LogP contribution in [0.3, 0.4) is 0 Å². The Morgan fingerprint density at radius 3 is 2.72 bits per heavy atom. The van der Waals surface area contributed by atoms with Crippen molar-refractivity contribution < 1.29 is 24.1 Å². The van der Waals surface area contributed by atoms with Crippen LogP contribution in [0.15, 0.2) is 54.3 Å². The summed E-state index contributed by atoms with van der Waals surface area (Å²) in [6, 6.07) is 15.3. The van der Waals surface area contributed by atoms with Crippen LogP contribution in [-0.4, -0.2) is 49.8 Å². The summed E-state index contributed by atoms with van der Waals surface area (Å²) in [5, 5.41) is 12.2. The quantitative estimate of drug-likeness (QED) is 0.438. The number of nitrogens with one attached hydrogen (secondary N) is 1. The number of hydrogen-bond donors (Lipinski definition) is 2. The second-order valence-electron chi connectivity index (χ2n) is 10.6. The van der Waals surface area contributed by atoms with E-state index in [1.807, 2.05) is 6.08 Å². The van der Waals surface area contributed by atoms with Crippen molar-refractivity contribution in [2.45, 2.75) is 56.8 Å². The largest absolute Gasteiger partial charge is 0.459 e. The average Bonchev–Trinajstić information content (AvgIpc) is 3.62. The Balaban J connectivity index is 1.23. The highest BCUT2D eigenvalue weighted by Crippen LogP contribution is 2.45. The first-order chi connectivity index (χ1) is 17.7. The molecule has 2 aromatic rings. The second-order valence-corrected chi connectivity index (χ2v) is 10.6. The highest BCUT2D eigenvalue weighted by atomic mass is 16.7. The normalized spacial score (nSPS) is 27.8. The van der Waals surface area contributed by atoms with Crippen LogP contribution in [0, 0.1) is 11.8 Å². The van der Waals surface area contributed by atoms with Gasteiger partial charge in [-0.15, -0.1) is 0 Å². The zero-order valence-corrected chi connectivity index (χ0v) is 20.7. The van der Waals surface area contributed by atoms with Gasteiger partial charge in [-0.2, -0.15) is 0 Å². The van der Waals surface area contributed by atoms with Gasteiger partial charge in [0, 0.05) is 18.4 Å². The standard InChI is InChI=1S/C30H35NO5/c32-10-11-34-12-13-35-29-18-22(17-28(36-29)30(33)31-27-15-19-8-9-21(27)14-19)24-6-3-7-25-23-5-2-1-4-20(23)16-26(24)25/h1-7,17,19,21-22,27,29,32H,8-16,18H2,(H,31,33)/t19?,21?,22-,27?,29+/m1/s1. The maximum atomic E-state index is 13.4. The molecule has 4 aliphatic rings. The van der Waals surface area contributed by atoms with Gasteiger partial charge >= 0.3 is 0 Å². The number of rotatable bonds is 9. The van der Waals surface area contributed by atoms with E-state index in [0.29, 0.717) is 31.3 Å². The molecular weight excluding hydrogens is 454 g/mol. The molecule has 1 heterocycles. The van der Waals surface area contributed by atoms with Crippen molar-refractivity contribution in [1.29, 1.82) is 0 Å². The van der Waals surface area contributed by atoms with Crippen LogP contribution >= 0.6 is 0 Å². The molecule has 2 bridgehead atoms. The maximum absolute atomic E-state index is 13.4. The molecule has 2 aromatic carbocycles. The van der Waals surface area contributed by atoms with Crippen molar-refractivity contribution in [2.75, 3.05) is 26.4 Å². The highest BCUT2D eigenvalue weighted by Gasteiger charge is 2.41. The van der Waals surface area contributed by atoms with E-state index in [0.717, 1.165) is 18.8 Å². The number of benzene rings is 2. The molecule has 3 aliphatic carbocycles. The Hall–Kier alpha value is -2.67. The fraction of sp³-hybridized carbons (Fsp3) is 0.500. The molecule has 2 saturated carbocycles. The predicted octanol–water partition coefficient (Wildman–Crippen LogP) is 4.30. The zero-order valence-electron chi connectivity index (χ0n) is 20.7. The molecule has 1 amide bonds. The van der Waals surface area contributed by atoms with E-state index >= 15 is 0 Å². The molecule has 0 radical (unpaired) electrons. The summed E-state index contributed by atoms with van der Waals surface area (Å²) in [6.07, 6.45) is 7.85. The third-order valence-corrected chi connectivity index (χ3v) is 8.39. The number of aliphatic hydroxyl groups excluding tert-OH is 1. The SMILES string of the molecule is O=C(NC1CC2CCC1C2)C1=C[C@@H](c2cccc3c2Cc2ccccc2-3)C[C@@H](OCCOCCO)O1. The number of hydrogen-bond acceptors (Lipinski definition) is 5. The van der Waals surface area contributed by atoms with E-state index in [9.17, 15) is 4.79 Å². The minimum atomic E-state index is -0.529. The summed E-state index contributed by atoms with van der Waals surface area (Å²) in [5.74, 6) is 1.62. The minimum absolute atomic E-state index is 0.0143. The van der Waals surface area contributed by atoms with Gasteiger partial charge in [0.15, 0.2) is 5.76 Å². The second kappa shape index (κ2) is 10.4. The number of allylic oxidation sites excluding steroid dienone is 1. The van der Waals surface area contributed by atoms with Crippen molar-refractivity contribution in [3.63, 3.8) is 0 Å². The number of ether oxygens (including phenoxy) is 3. The summed E-state index contributed by atoms with van der Waals surface area (Å²) in [6.45, 7) is 0.986. The molecule has 0 spiro atoms. The molecule has 6 rings (SSSR count). The molecule has 5 atom stereocenters. The van der Waals surface area contributed by atoms with E-state index < -0.39 is 6.29 Å². The van der Waals surface area contributed by atoms with Crippen LogP contribution in [0.4, 0.5) is 0 Å². The molecular formula is C30H35NO5. The van der Waals surface area contributed by atoms with Gasteiger partial charge in [-0.05, 0) is 71.4 Å². The van der Waals surface area contributed by atoms with E-state index in [-0.39, 0.29) is 31.1 Å². The summed E-state index contributed by atoms with van der Waals surface area (Å²) >= 11 is 0.